The number of quaternary nitrogens is 1. The summed E-state index contributed by atoms with van der Waals surface area (Å²) in [5, 5.41) is 0. The van der Waals surface area contributed by atoms with Gasteiger partial charge >= 0.3 is 0 Å². The van der Waals surface area contributed by atoms with Crippen LogP contribution in [0.25, 0.3) is 0 Å². The van der Waals surface area contributed by atoms with Crippen LogP contribution in [0.5, 0.6) is 0 Å². The summed E-state index contributed by atoms with van der Waals surface area (Å²) < 4.78 is 1.00. The van der Waals surface area contributed by atoms with Crippen LogP contribution in [-0.2, 0) is 0 Å². The lowest BCUT2D eigenvalue weighted by Crippen LogP contribution is -2.48. The summed E-state index contributed by atoms with van der Waals surface area (Å²) in [6, 6.07) is 8.87. The highest BCUT2D eigenvalue weighted by atomic mass is 15.4. The Kier molecular flexibility index (Phi) is 15.5. The van der Waals surface area contributed by atoms with E-state index in [4.69, 9.17) is 4.99 Å². The second-order valence-corrected chi connectivity index (χ2v) is 10.6. The number of nitrogens with zero attached hydrogens (tertiary/aromatic N) is 2. The van der Waals surface area contributed by atoms with Crippen molar-refractivity contribution in [2.75, 3.05) is 13.1 Å². The molecule has 1 heterocycles. The Hall–Kier alpha value is -1.15. The maximum Gasteiger partial charge on any atom is 0.195 e. The van der Waals surface area contributed by atoms with Crippen molar-refractivity contribution in [3.63, 3.8) is 0 Å². The quantitative estimate of drug-likeness (QED) is 0.122. The molecule has 188 valence electrons. The zero-order valence-electron chi connectivity index (χ0n) is 22.3. The van der Waals surface area contributed by atoms with Crippen LogP contribution in [0.1, 0.15) is 142 Å². The first-order valence-corrected chi connectivity index (χ1v) is 14.8. The van der Waals surface area contributed by atoms with Crippen molar-refractivity contribution in [1.29, 1.82) is 0 Å². The van der Waals surface area contributed by atoms with E-state index >= 15 is 0 Å². The summed E-state index contributed by atoms with van der Waals surface area (Å²) in [4.78, 5) is 4.83. The van der Waals surface area contributed by atoms with Crippen LogP contribution in [-0.4, -0.2) is 19.4 Å². The number of unbranched alkanes of at least 4 members (excludes halogenated alkanes) is 18. The maximum atomic E-state index is 4.83. The van der Waals surface area contributed by atoms with Gasteiger partial charge < -0.3 is 0 Å². The molecular formula is C31H55N2+. The van der Waals surface area contributed by atoms with Crippen LogP contribution in [0.4, 0.5) is 11.4 Å². The minimum absolute atomic E-state index is 1.00. The molecule has 2 nitrogen and oxygen atoms in total. The predicted octanol–water partition coefficient (Wildman–Crippen LogP) is 10.5. The summed E-state index contributed by atoms with van der Waals surface area (Å²) in [5.74, 6) is 0. The molecule has 0 saturated heterocycles. The SMILES string of the molecule is CCCCCCCCCCCC[N+]1(CCCCCCCCCCCC)C=Nc2ccccc21. The Bertz CT molecular complexity index is 597. The lowest BCUT2D eigenvalue weighted by Gasteiger charge is -2.31. The molecule has 0 fully saturated rings. The zero-order chi connectivity index (χ0) is 23.5. The molecule has 2 heteroatoms. The van der Waals surface area contributed by atoms with Crippen LogP contribution in [0, 0.1) is 0 Å². The normalized spacial score (nSPS) is 14.1. The van der Waals surface area contributed by atoms with Crippen LogP contribution < -0.4 is 4.48 Å². The molecule has 0 aliphatic carbocycles. The highest BCUT2D eigenvalue weighted by Crippen LogP contribution is 2.38. The molecule has 0 spiro atoms. The van der Waals surface area contributed by atoms with Crippen molar-refractivity contribution in [3.05, 3.63) is 24.3 Å². The van der Waals surface area contributed by atoms with E-state index in [1.807, 2.05) is 0 Å². The topological polar surface area (TPSA) is 12.4 Å². The fourth-order valence-electron chi connectivity index (χ4n) is 5.42. The standard InChI is InChI=1S/C31H55N2/c1-3-5-7-9-11-13-15-17-19-23-27-33(29-32-30-25-21-22-26-31(30)33)28-24-20-18-16-14-12-10-8-6-4-2/h21-22,25-26,29H,3-20,23-24,27-28H2,1-2H3/q+1. The van der Waals surface area contributed by atoms with Gasteiger partial charge in [0.15, 0.2) is 12.0 Å². The second-order valence-electron chi connectivity index (χ2n) is 10.6. The molecule has 0 bridgehead atoms. The van der Waals surface area contributed by atoms with Gasteiger partial charge in [-0.05, 0) is 31.7 Å². The van der Waals surface area contributed by atoms with Gasteiger partial charge in [0, 0.05) is 6.07 Å². The van der Waals surface area contributed by atoms with Gasteiger partial charge in [0.1, 0.15) is 5.69 Å². The first kappa shape index (κ1) is 28.1. The van der Waals surface area contributed by atoms with Crippen molar-refractivity contribution in [2.45, 2.75) is 142 Å². The van der Waals surface area contributed by atoms with Crippen molar-refractivity contribution >= 4 is 17.7 Å². The fraction of sp³-hybridized carbons (Fsp3) is 0.774. The minimum Gasteiger partial charge on any atom is -0.247 e. The molecule has 0 unspecified atom stereocenters. The van der Waals surface area contributed by atoms with Crippen LogP contribution >= 0.6 is 0 Å². The Morgan fingerprint density at radius 2 is 0.909 bits per heavy atom. The summed E-state index contributed by atoms with van der Waals surface area (Å²) in [6.07, 6.45) is 30.4. The lowest BCUT2D eigenvalue weighted by molar-refractivity contribution is 0.391. The van der Waals surface area contributed by atoms with Crippen molar-refractivity contribution in [2.24, 2.45) is 4.99 Å². The lowest BCUT2D eigenvalue weighted by atomic mass is 10.0. The smallest absolute Gasteiger partial charge is 0.195 e. The minimum atomic E-state index is 1.00. The molecule has 1 aliphatic heterocycles. The summed E-state index contributed by atoms with van der Waals surface area (Å²) in [7, 11) is 0. The molecule has 0 atom stereocenters. The highest BCUT2D eigenvalue weighted by molar-refractivity contribution is 5.88. The number of rotatable bonds is 22. The van der Waals surface area contributed by atoms with Gasteiger partial charge in [-0.2, -0.15) is 4.99 Å². The highest BCUT2D eigenvalue weighted by Gasteiger charge is 2.34. The number of hydrogen-bond donors (Lipinski definition) is 0. The molecule has 2 rings (SSSR count). The third kappa shape index (κ3) is 11.2. The van der Waals surface area contributed by atoms with Crippen LogP contribution in [0.2, 0.25) is 0 Å². The molecule has 0 N–H and O–H groups in total. The Labute approximate surface area is 206 Å². The average molecular weight is 456 g/mol. The first-order valence-electron chi connectivity index (χ1n) is 14.8. The van der Waals surface area contributed by atoms with E-state index in [1.165, 1.54) is 153 Å². The first-order chi connectivity index (χ1) is 16.3. The Morgan fingerprint density at radius 1 is 0.515 bits per heavy atom. The van der Waals surface area contributed by atoms with E-state index < -0.39 is 0 Å². The van der Waals surface area contributed by atoms with E-state index in [1.54, 1.807) is 0 Å². The molecule has 1 aliphatic rings. The van der Waals surface area contributed by atoms with Gasteiger partial charge in [-0.3, -0.25) is 0 Å². The second kappa shape index (κ2) is 18.2. The molecule has 1 aromatic rings. The van der Waals surface area contributed by atoms with Gasteiger partial charge in [0.2, 0.25) is 0 Å². The van der Waals surface area contributed by atoms with Gasteiger partial charge in [-0.15, -0.1) is 0 Å². The van der Waals surface area contributed by atoms with Crippen molar-refractivity contribution in [3.8, 4) is 0 Å². The van der Waals surface area contributed by atoms with Crippen LogP contribution in [0.15, 0.2) is 29.3 Å². The third-order valence-corrected chi connectivity index (χ3v) is 7.60. The van der Waals surface area contributed by atoms with E-state index in [9.17, 15) is 0 Å². The number of hydrogen-bond acceptors (Lipinski definition) is 1. The van der Waals surface area contributed by atoms with Gasteiger partial charge in [0.05, 0.1) is 13.1 Å². The largest absolute Gasteiger partial charge is 0.247 e. The van der Waals surface area contributed by atoms with Gasteiger partial charge in [-0.1, -0.05) is 129 Å². The molecule has 0 saturated carbocycles. The van der Waals surface area contributed by atoms with Crippen LogP contribution in [0.3, 0.4) is 0 Å². The molecule has 1 aromatic carbocycles. The zero-order valence-corrected chi connectivity index (χ0v) is 22.3. The van der Waals surface area contributed by atoms with Gasteiger partial charge in [0.25, 0.3) is 0 Å². The number of fused-ring (bicyclic) bond motifs is 1. The summed E-state index contributed by atoms with van der Waals surface area (Å²) >= 11 is 0. The number of benzene rings is 1. The fourth-order valence-corrected chi connectivity index (χ4v) is 5.42. The molecule has 33 heavy (non-hydrogen) atoms. The average Bonchev–Trinajstić information content (AvgIpc) is 3.20. The number of para-hydroxylation sites is 2. The molecule has 0 radical (unpaired) electrons. The van der Waals surface area contributed by atoms with Crippen molar-refractivity contribution < 1.29 is 0 Å². The van der Waals surface area contributed by atoms with E-state index in [2.05, 4.69) is 44.5 Å². The van der Waals surface area contributed by atoms with E-state index in [0.717, 1.165) is 4.48 Å². The van der Waals surface area contributed by atoms with Crippen molar-refractivity contribution in [1.82, 2.24) is 4.48 Å². The molecular weight excluding hydrogens is 400 g/mol. The van der Waals surface area contributed by atoms with E-state index in [-0.39, 0.29) is 0 Å². The molecule has 0 aromatic heterocycles. The Balaban J connectivity index is 1.64. The third-order valence-electron chi connectivity index (χ3n) is 7.60. The Morgan fingerprint density at radius 3 is 1.36 bits per heavy atom. The summed E-state index contributed by atoms with van der Waals surface area (Å²) in [6.45, 7) is 7.06. The summed E-state index contributed by atoms with van der Waals surface area (Å²) in [5.41, 5.74) is 2.65. The van der Waals surface area contributed by atoms with E-state index in [0.29, 0.717) is 0 Å². The predicted molar refractivity (Wildman–Crippen MR) is 150 cm³/mol. The maximum absolute atomic E-state index is 4.83. The van der Waals surface area contributed by atoms with Gasteiger partial charge in [-0.25, -0.2) is 4.48 Å². The molecule has 0 amide bonds. The number of aliphatic imine (C=N–C) groups is 1. The monoisotopic (exact) mass is 455 g/mol.